The van der Waals surface area contributed by atoms with Gasteiger partial charge in [-0.05, 0) is 32.6 Å². The van der Waals surface area contributed by atoms with Gasteiger partial charge in [0.1, 0.15) is 0 Å². The van der Waals surface area contributed by atoms with Crippen LogP contribution in [0.5, 0.6) is 0 Å². The van der Waals surface area contributed by atoms with Crippen LogP contribution in [0, 0.1) is 5.41 Å². The van der Waals surface area contributed by atoms with Gasteiger partial charge in [0.05, 0.1) is 11.5 Å². The van der Waals surface area contributed by atoms with Crippen LogP contribution in [0.15, 0.2) is 0 Å². The van der Waals surface area contributed by atoms with Crippen LogP contribution in [0.2, 0.25) is 0 Å². The van der Waals surface area contributed by atoms with Crippen molar-refractivity contribution in [3.8, 4) is 0 Å². The lowest BCUT2D eigenvalue weighted by Gasteiger charge is -2.27. The zero-order valence-electron chi connectivity index (χ0n) is 10.6. The zero-order valence-corrected chi connectivity index (χ0v) is 10.6. The van der Waals surface area contributed by atoms with Crippen molar-refractivity contribution in [3.05, 3.63) is 0 Å². The largest absolute Gasteiger partial charge is 0.381 e. The molecule has 0 heterocycles. The highest BCUT2D eigenvalue weighted by Gasteiger charge is 2.33. The molecule has 0 radical (unpaired) electrons. The predicted octanol–water partition coefficient (Wildman–Crippen LogP) is 1.05. The first-order valence-electron chi connectivity index (χ1n) is 6.09. The van der Waals surface area contributed by atoms with Crippen molar-refractivity contribution >= 4 is 5.91 Å². The molecule has 4 nitrogen and oxygen atoms in total. The quantitative estimate of drug-likeness (QED) is 0.739. The fourth-order valence-electron chi connectivity index (χ4n) is 2.04. The van der Waals surface area contributed by atoms with Gasteiger partial charge < -0.3 is 15.8 Å². The highest BCUT2D eigenvalue weighted by molar-refractivity contribution is 5.82. The maximum atomic E-state index is 12.0. The molecule has 3 unspecified atom stereocenters. The van der Waals surface area contributed by atoms with Gasteiger partial charge in [0, 0.05) is 19.7 Å². The summed E-state index contributed by atoms with van der Waals surface area (Å²) in [5, 5.41) is 3.09. The van der Waals surface area contributed by atoms with Crippen molar-refractivity contribution in [2.45, 2.75) is 51.7 Å². The van der Waals surface area contributed by atoms with Crippen molar-refractivity contribution in [1.29, 1.82) is 0 Å². The van der Waals surface area contributed by atoms with Crippen LogP contribution in [-0.2, 0) is 9.53 Å². The molecule has 0 saturated heterocycles. The number of methoxy groups -OCH3 is 1. The average molecular weight is 228 g/mol. The monoisotopic (exact) mass is 228 g/mol. The van der Waals surface area contributed by atoms with Crippen molar-refractivity contribution in [2.24, 2.45) is 11.1 Å². The lowest BCUT2D eigenvalue weighted by atomic mass is 9.86. The molecular weight excluding hydrogens is 204 g/mol. The van der Waals surface area contributed by atoms with Crippen LogP contribution in [0.25, 0.3) is 0 Å². The number of carbonyl (C=O) groups excluding carboxylic acids is 1. The number of nitrogens with two attached hydrogens (primary N) is 1. The number of hydrogen-bond acceptors (Lipinski definition) is 3. The molecule has 1 amide bonds. The molecule has 16 heavy (non-hydrogen) atoms. The molecule has 0 spiro atoms. The smallest absolute Gasteiger partial charge is 0.227 e. The van der Waals surface area contributed by atoms with E-state index in [9.17, 15) is 4.79 Å². The number of rotatable bonds is 5. The van der Waals surface area contributed by atoms with E-state index in [2.05, 4.69) is 5.32 Å². The van der Waals surface area contributed by atoms with Gasteiger partial charge in [-0.3, -0.25) is 4.79 Å². The molecule has 4 heteroatoms. The standard InChI is InChI=1S/C12H24N2O2/c1-4-12(2,8-13)11(15)14-9-5-6-10(7-9)16-3/h9-10H,4-8,13H2,1-3H3,(H,14,15). The number of nitrogens with one attached hydrogen (secondary N) is 1. The van der Waals surface area contributed by atoms with Gasteiger partial charge in [0.2, 0.25) is 5.91 Å². The van der Waals surface area contributed by atoms with E-state index >= 15 is 0 Å². The number of hydrogen-bond donors (Lipinski definition) is 2. The van der Waals surface area contributed by atoms with E-state index < -0.39 is 5.41 Å². The average Bonchev–Trinajstić information content (AvgIpc) is 2.75. The van der Waals surface area contributed by atoms with E-state index in [1.807, 2.05) is 13.8 Å². The third-order valence-corrected chi connectivity index (χ3v) is 3.83. The minimum Gasteiger partial charge on any atom is -0.381 e. The highest BCUT2D eigenvalue weighted by atomic mass is 16.5. The Kier molecular flexibility index (Phi) is 4.74. The van der Waals surface area contributed by atoms with Gasteiger partial charge in [0.15, 0.2) is 0 Å². The summed E-state index contributed by atoms with van der Waals surface area (Å²) in [5.41, 5.74) is 5.24. The molecule has 1 aliphatic carbocycles. The van der Waals surface area contributed by atoms with Crippen LogP contribution in [-0.4, -0.2) is 31.7 Å². The molecule has 0 aliphatic heterocycles. The molecule has 1 saturated carbocycles. The van der Waals surface area contributed by atoms with Gasteiger partial charge in [-0.25, -0.2) is 0 Å². The Labute approximate surface area is 97.9 Å². The second-order valence-corrected chi connectivity index (χ2v) is 4.96. The first-order valence-corrected chi connectivity index (χ1v) is 6.09. The third-order valence-electron chi connectivity index (χ3n) is 3.83. The molecule has 1 rings (SSSR count). The molecule has 3 N–H and O–H groups in total. The Morgan fingerprint density at radius 1 is 1.56 bits per heavy atom. The summed E-state index contributed by atoms with van der Waals surface area (Å²) in [4.78, 5) is 12.0. The van der Waals surface area contributed by atoms with Gasteiger partial charge in [0.25, 0.3) is 0 Å². The molecule has 1 aliphatic rings. The van der Waals surface area contributed by atoms with Crippen molar-refractivity contribution in [1.82, 2.24) is 5.32 Å². The van der Waals surface area contributed by atoms with Gasteiger partial charge in [-0.15, -0.1) is 0 Å². The van der Waals surface area contributed by atoms with Crippen LogP contribution >= 0.6 is 0 Å². The maximum absolute atomic E-state index is 12.0. The van der Waals surface area contributed by atoms with Crippen LogP contribution in [0.1, 0.15) is 39.5 Å². The Balaban J connectivity index is 2.46. The molecular formula is C12H24N2O2. The first kappa shape index (κ1) is 13.5. The van der Waals surface area contributed by atoms with Crippen LogP contribution in [0.4, 0.5) is 0 Å². The Morgan fingerprint density at radius 3 is 2.69 bits per heavy atom. The summed E-state index contributed by atoms with van der Waals surface area (Å²) in [6.07, 6.45) is 4.04. The molecule has 0 aromatic carbocycles. The third kappa shape index (κ3) is 2.95. The number of ether oxygens (including phenoxy) is 1. The molecule has 0 aromatic rings. The maximum Gasteiger partial charge on any atom is 0.227 e. The Hall–Kier alpha value is -0.610. The number of carbonyl (C=O) groups is 1. The summed E-state index contributed by atoms with van der Waals surface area (Å²) in [7, 11) is 1.73. The zero-order chi connectivity index (χ0) is 12.2. The summed E-state index contributed by atoms with van der Waals surface area (Å²) < 4.78 is 5.29. The van der Waals surface area contributed by atoms with E-state index in [0.29, 0.717) is 12.6 Å². The number of amides is 1. The van der Waals surface area contributed by atoms with Crippen LogP contribution in [0.3, 0.4) is 0 Å². The lowest BCUT2D eigenvalue weighted by molar-refractivity contribution is -0.130. The van der Waals surface area contributed by atoms with Crippen molar-refractivity contribution in [2.75, 3.05) is 13.7 Å². The van der Waals surface area contributed by atoms with Gasteiger partial charge >= 0.3 is 0 Å². The van der Waals surface area contributed by atoms with E-state index in [1.54, 1.807) is 7.11 Å². The summed E-state index contributed by atoms with van der Waals surface area (Å²) in [6, 6.07) is 0.259. The topological polar surface area (TPSA) is 64.4 Å². The van der Waals surface area contributed by atoms with E-state index in [-0.39, 0.29) is 11.9 Å². The Bertz CT molecular complexity index is 239. The minimum atomic E-state index is -0.425. The normalized spacial score (nSPS) is 28.8. The molecule has 3 atom stereocenters. The molecule has 94 valence electrons. The SMILES string of the molecule is CCC(C)(CN)C(=O)NC1CCC(OC)C1. The fraction of sp³-hybridized carbons (Fsp3) is 0.917. The highest BCUT2D eigenvalue weighted by Crippen LogP contribution is 2.24. The van der Waals surface area contributed by atoms with Crippen molar-refractivity contribution < 1.29 is 9.53 Å². The minimum absolute atomic E-state index is 0.0826. The van der Waals surface area contributed by atoms with Gasteiger partial charge in [-0.1, -0.05) is 6.92 Å². The lowest BCUT2D eigenvalue weighted by Crippen LogP contribution is -2.46. The van der Waals surface area contributed by atoms with E-state index in [4.69, 9.17) is 10.5 Å². The van der Waals surface area contributed by atoms with Gasteiger partial charge in [-0.2, -0.15) is 0 Å². The van der Waals surface area contributed by atoms with E-state index in [1.165, 1.54) is 0 Å². The van der Waals surface area contributed by atoms with E-state index in [0.717, 1.165) is 25.7 Å². The fourth-order valence-corrected chi connectivity index (χ4v) is 2.04. The van der Waals surface area contributed by atoms with Crippen LogP contribution < -0.4 is 11.1 Å². The predicted molar refractivity (Wildman–Crippen MR) is 64.0 cm³/mol. The Morgan fingerprint density at radius 2 is 2.25 bits per heavy atom. The summed E-state index contributed by atoms with van der Waals surface area (Å²) >= 11 is 0. The second kappa shape index (κ2) is 5.64. The summed E-state index contributed by atoms with van der Waals surface area (Å²) in [6.45, 7) is 4.32. The first-order chi connectivity index (χ1) is 7.55. The molecule has 1 fully saturated rings. The molecule has 0 aromatic heterocycles. The van der Waals surface area contributed by atoms with Crippen molar-refractivity contribution in [3.63, 3.8) is 0 Å². The molecule has 0 bridgehead atoms. The second-order valence-electron chi connectivity index (χ2n) is 4.96. The summed E-state index contributed by atoms with van der Waals surface area (Å²) in [5.74, 6) is 0.0826.